The van der Waals surface area contributed by atoms with E-state index in [4.69, 9.17) is 0 Å². The SMILES string of the molecule is C=CC(CC)CC/C=C/CC/C=C\CC. The highest BCUT2D eigenvalue weighted by Crippen LogP contribution is 2.12. The lowest BCUT2D eigenvalue weighted by molar-refractivity contribution is 0.580. The standard InChI is InChI=1S/C15H26/c1-4-7-8-9-10-11-12-13-14-15(5-2)6-3/h5,7-8,11-12,15H,2,4,6,9-10,13-14H2,1,3H3/b8-7-,12-11+. The third-order valence-corrected chi connectivity index (χ3v) is 2.63. The van der Waals surface area contributed by atoms with Crippen LogP contribution in [0.15, 0.2) is 37.0 Å². The van der Waals surface area contributed by atoms with E-state index < -0.39 is 0 Å². The van der Waals surface area contributed by atoms with Crippen LogP contribution in [0.4, 0.5) is 0 Å². The Bertz CT molecular complexity index is 186. The second-order valence-corrected chi connectivity index (χ2v) is 3.91. The van der Waals surface area contributed by atoms with Crippen molar-refractivity contribution in [3.63, 3.8) is 0 Å². The molecule has 0 radical (unpaired) electrons. The van der Waals surface area contributed by atoms with Crippen LogP contribution in [0.1, 0.15) is 52.4 Å². The molecule has 0 aliphatic rings. The minimum absolute atomic E-state index is 0.703. The predicted octanol–water partition coefficient (Wildman–Crippen LogP) is 5.28. The van der Waals surface area contributed by atoms with Gasteiger partial charge in [0.05, 0.1) is 0 Å². The van der Waals surface area contributed by atoms with Crippen LogP contribution >= 0.6 is 0 Å². The lowest BCUT2D eigenvalue weighted by Crippen LogP contribution is -1.91. The maximum absolute atomic E-state index is 3.85. The van der Waals surface area contributed by atoms with Crippen LogP contribution in [-0.4, -0.2) is 0 Å². The van der Waals surface area contributed by atoms with Gasteiger partial charge in [0.25, 0.3) is 0 Å². The molecule has 0 aliphatic carbocycles. The molecule has 0 heterocycles. The molecule has 0 heteroatoms. The van der Waals surface area contributed by atoms with Crippen LogP contribution in [0.25, 0.3) is 0 Å². The van der Waals surface area contributed by atoms with Crippen molar-refractivity contribution in [2.75, 3.05) is 0 Å². The van der Waals surface area contributed by atoms with Crippen molar-refractivity contribution in [3.05, 3.63) is 37.0 Å². The summed E-state index contributed by atoms with van der Waals surface area (Å²) in [7, 11) is 0. The summed E-state index contributed by atoms with van der Waals surface area (Å²) in [6.45, 7) is 8.25. The molecule has 0 aromatic carbocycles. The number of rotatable bonds is 9. The Labute approximate surface area is 95.8 Å². The molecule has 0 spiro atoms. The van der Waals surface area contributed by atoms with Crippen molar-refractivity contribution < 1.29 is 0 Å². The first-order valence-electron chi connectivity index (χ1n) is 6.27. The zero-order chi connectivity index (χ0) is 11.4. The van der Waals surface area contributed by atoms with E-state index in [1.165, 1.54) is 32.1 Å². The number of hydrogen-bond acceptors (Lipinski definition) is 0. The minimum Gasteiger partial charge on any atom is -0.103 e. The lowest BCUT2D eigenvalue weighted by Gasteiger charge is -2.05. The Morgan fingerprint density at radius 2 is 1.53 bits per heavy atom. The molecule has 0 saturated carbocycles. The second-order valence-electron chi connectivity index (χ2n) is 3.91. The van der Waals surface area contributed by atoms with Gasteiger partial charge in [-0.2, -0.15) is 0 Å². The summed E-state index contributed by atoms with van der Waals surface area (Å²) in [5, 5.41) is 0. The van der Waals surface area contributed by atoms with Gasteiger partial charge in [-0.3, -0.25) is 0 Å². The molecule has 1 atom stereocenters. The molecule has 0 nitrogen and oxygen atoms in total. The zero-order valence-electron chi connectivity index (χ0n) is 10.4. The first-order chi connectivity index (χ1) is 7.35. The fourth-order valence-electron chi connectivity index (χ4n) is 1.51. The van der Waals surface area contributed by atoms with Gasteiger partial charge < -0.3 is 0 Å². The van der Waals surface area contributed by atoms with Crippen LogP contribution in [0, 0.1) is 5.92 Å². The van der Waals surface area contributed by atoms with Crippen LogP contribution in [-0.2, 0) is 0 Å². The van der Waals surface area contributed by atoms with Gasteiger partial charge in [-0.1, -0.05) is 44.2 Å². The number of allylic oxidation sites excluding steroid dienone is 5. The van der Waals surface area contributed by atoms with Crippen molar-refractivity contribution in [3.8, 4) is 0 Å². The summed E-state index contributed by atoms with van der Waals surface area (Å²) >= 11 is 0. The van der Waals surface area contributed by atoms with E-state index in [9.17, 15) is 0 Å². The average molecular weight is 206 g/mol. The van der Waals surface area contributed by atoms with Crippen LogP contribution in [0.5, 0.6) is 0 Å². The van der Waals surface area contributed by atoms with Gasteiger partial charge in [-0.15, -0.1) is 6.58 Å². The zero-order valence-corrected chi connectivity index (χ0v) is 10.4. The van der Waals surface area contributed by atoms with E-state index in [1.807, 2.05) is 0 Å². The Morgan fingerprint density at radius 1 is 0.933 bits per heavy atom. The van der Waals surface area contributed by atoms with Gasteiger partial charge in [-0.25, -0.2) is 0 Å². The minimum atomic E-state index is 0.703. The Balaban J connectivity index is 3.38. The van der Waals surface area contributed by atoms with E-state index in [1.54, 1.807) is 0 Å². The summed E-state index contributed by atoms with van der Waals surface area (Å²) in [5.41, 5.74) is 0. The molecule has 0 bridgehead atoms. The monoisotopic (exact) mass is 206 g/mol. The largest absolute Gasteiger partial charge is 0.103 e. The molecule has 0 saturated heterocycles. The van der Waals surface area contributed by atoms with Crippen LogP contribution in [0.3, 0.4) is 0 Å². The van der Waals surface area contributed by atoms with Gasteiger partial charge in [0.2, 0.25) is 0 Å². The highest BCUT2D eigenvalue weighted by Gasteiger charge is 1.97. The normalized spacial score (nSPS) is 13.7. The molecule has 0 aromatic heterocycles. The summed E-state index contributed by atoms with van der Waals surface area (Å²) in [6.07, 6.45) is 18.4. The number of hydrogen-bond donors (Lipinski definition) is 0. The maximum atomic E-state index is 3.85. The van der Waals surface area contributed by atoms with Crippen molar-refractivity contribution in [2.24, 2.45) is 5.92 Å². The van der Waals surface area contributed by atoms with Gasteiger partial charge in [0.15, 0.2) is 0 Å². The molecule has 1 unspecified atom stereocenters. The Hall–Kier alpha value is -0.780. The third kappa shape index (κ3) is 9.52. The van der Waals surface area contributed by atoms with E-state index in [0.29, 0.717) is 5.92 Å². The number of unbranched alkanes of at least 4 members (excludes halogenated alkanes) is 1. The van der Waals surface area contributed by atoms with Crippen molar-refractivity contribution >= 4 is 0 Å². The van der Waals surface area contributed by atoms with E-state index in [0.717, 1.165) is 6.42 Å². The fraction of sp³-hybridized carbons (Fsp3) is 0.600. The van der Waals surface area contributed by atoms with Crippen molar-refractivity contribution in [2.45, 2.75) is 52.4 Å². The quantitative estimate of drug-likeness (QED) is 0.355. The highest BCUT2D eigenvalue weighted by atomic mass is 14.0. The van der Waals surface area contributed by atoms with Gasteiger partial charge >= 0.3 is 0 Å². The van der Waals surface area contributed by atoms with Crippen molar-refractivity contribution in [1.82, 2.24) is 0 Å². The van der Waals surface area contributed by atoms with Crippen LogP contribution in [0.2, 0.25) is 0 Å². The molecule has 0 rings (SSSR count). The average Bonchev–Trinajstić information content (AvgIpc) is 2.27. The summed E-state index contributed by atoms with van der Waals surface area (Å²) < 4.78 is 0. The van der Waals surface area contributed by atoms with Gasteiger partial charge in [0, 0.05) is 0 Å². The smallest absolute Gasteiger partial charge is 0.0236 e. The van der Waals surface area contributed by atoms with Gasteiger partial charge in [-0.05, 0) is 44.4 Å². The van der Waals surface area contributed by atoms with E-state index in [-0.39, 0.29) is 0 Å². The summed E-state index contributed by atoms with van der Waals surface area (Å²) in [6, 6.07) is 0. The lowest BCUT2D eigenvalue weighted by atomic mass is 10.0. The van der Waals surface area contributed by atoms with E-state index >= 15 is 0 Å². The van der Waals surface area contributed by atoms with Crippen molar-refractivity contribution in [1.29, 1.82) is 0 Å². The Morgan fingerprint density at radius 3 is 2.07 bits per heavy atom. The topological polar surface area (TPSA) is 0 Å². The predicted molar refractivity (Wildman–Crippen MR) is 71.0 cm³/mol. The molecule has 15 heavy (non-hydrogen) atoms. The Kier molecular flexibility index (Phi) is 10.7. The first-order valence-corrected chi connectivity index (χ1v) is 6.27. The third-order valence-electron chi connectivity index (χ3n) is 2.63. The molecular weight excluding hydrogens is 180 g/mol. The van der Waals surface area contributed by atoms with Crippen LogP contribution < -0.4 is 0 Å². The molecule has 0 aliphatic heterocycles. The molecule has 0 amide bonds. The summed E-state index contributed by atoms with van der Waals surface area (Å²) in [4.78, 5) is 0. The molecular formula is C15H26. The molecule has 86 valence electrons. The first kappa shape index (κ1) is 14.2. The second kappa shape index (κ2) is 11.3. The molecule has 0 fully saturated rings. The fourth-order valence-corrected chi connectivity index (χ4v) is 1.51. The van der Waals surface area contributed by atoms with Gasteiger partial charge in [0.1, 0.15) is 0 Å². The maximum Gasteiger partial charge on any atom is -0.0236 e. The molecule has 0 aromatic rings. The van der Waals surface area contributed by atoms with E-state index in [2.05, 4.69) is 50.8 Å². The summed E-state index contributed by atoms with van der Waals surface area (Å²) in [5.74, 6) is 0.703. The molecule has 0 N–H and O–H groups in total. The highest BCUT2D eigenvalue weighted by molar-refractivity contribution is 4.89.